The number of nitrogens with zero attached hydrogens (tertiary/aromatic N) is 1. The van der Waals surface area contributed by atoms with Gasteiger partial charge in [-0.1, -0.05) is 6.07 Å². The number of nitriles is 1. The molecule has 7 nitrogen and oxygen atoms in total. The number of amides is 1. The zero-order valence-electron chi connectivity index (χ0n) is 11.4. The summed E-state index contributed by atoms with van der Waals surface area (Å²) in [6.45, 7) is 0.953. The van der Waals surface area contributed by atoms with Crippen LogP contribution in [0.15, 0.2) is 36.0 Å². The van der Waals surface area contributed by atoms with Gasteiger partial charge < -0.3 is 25.6 Å². The maximum atomic E-state index is 11.8. The standard InChI is InChI=1S/C14H17N3O4/c15-9-11(10-16-4-6-21-7-5-18)14(20)17-12-2-1-3-13(19)8-12/h1-3,8,10,16,18-19H,4-7H2,(H,17,20)/b11-10-. The van der Waals surface area contributed by atoms with Crippen molar-refractivity contribution in [3.05, 3.63) is 36.0 Å². The molecule has 1 rings (SSSR count). The van der Waals surface area contributed by atoms with E-state index in [1.54, 1.807) is 18.2 Å². The van der Waals surface area contributed by atoms with Crippen LogP contribution in [0.3, 0.4) is 0 Å². The second kappa shape index (κ2) is 9.36. The van der Waals surface area contributed by atoms with Crippen molar-refractivity contribution in [1.29, 1.82) is 5.26 Å². The van der Waals surface area contributed by atoms with Crippen LogP contribution in [0.25, 0.3) is 0 Å². The largest absolute Gasteiger partial charge is 0.508 e. The number of rotatable bonds is 8. The van der Waals surface area contributed by atoms with Crippen LogP contribution in [-0.2, 0) is 9.53 Å². The molecule has 0 fully saturated rings. The number of benzene rings is 1. The lowest BCUT2D eigenvalue weighted by Crippen LogP contribution is -2.19. The summed E-state index contributed by atoms with van der Waals surface area (Å²) in [4.78, 5) is 11.8. The average molecular weight is 291 g/mol. The lowest BCUT2D eigenvalue weighted by Gasteiger charge is -2.05. The Morgan fingerprint density at radius 3 is 2.90 bits per heavy atom. The van der Waals surface area contributed by atoms with Gasteiger partial charge in [-0.25, -0.2) is 0 Å². The number of aliphatic hydroxyl groups excluding tert-OH is 1. The van der Waals surface area contributed by atoms with Crippen LogP contribution >= 0.6 is 0 Å². The van der Waals surface area contributed by atoms with Gasteiger partial charge in [0.05, 0.1) is 19.8 Å². The van der Waals surface area contributed by atoms with E-state index in [0.717, 1.165) is 0 Å². The van der Waals surface area contributed by atoms with Crippen molar-refractivity contribution >= 4 is 11.6 Å². The Balaban J connectivity index is 2.47. The number of ether oxygens (including phenoxy) is 1. The van der Waals surface area contributed by atoms with Gasteiger partial charge in [0.1, 0.15) is 17.4 Å². The number of hydrogen-bond acceptors (Lipinski definition) is 6. The van der Waals surface area contributed by atoms with Crippen LogP contribution < -0.4 is 10.6 Å². The van der Waals surface area contributed by atoms with E-state index in [4.69, 9.17) is 15.1 Å². The van der Waals surface area contributed by atoms with Crippen LogP contribution in [0.1, 0.15) is 0 Å². The van der Waals surface area contributed by atoms with Crippen LogP contribution in [-0.4, -0.2) is 42.5 Å². The molecule has 0 aliphatic heterocycles. The molecule has 1 aromatic rings. The van der Waals surface area contributed by atoms with Crippen molar-refractivity contribution in [2.75, 3.05) is 31.7 Å². The first-order chi connectivity index (χ1) is 10.2. The number of carbonyl (C=O) groups excluding carboxylic acids is 1. The van der Waals surface area contributed by atoms with Gasteiger partial charge in [0.2, 0.25) is 0 Å². The normalized spacial score (nSPS) is 10.8. The number of nitrogens with one attached hydrogen (secondary N) is 2. The molecule has 0 aliphatic rings. The van der Waals surface area contributed by atoms with Crippen molar-refractivity contribution in [1.82, 2.24) is 5.32 Å². The van der Waals surface area contributed by atoms with E-state index in [-0.39, 0.29) is 24.5 Å². The molecule has 7 heteroatoms. The van der Waals surface area contributed by atoms with Gasteiger partial charge in [0.15, 0.2) is 0 Å². The molecule has 0 aromatic heterocycles. The monoisotopic (exact) mass is 291 g/mol. The molecule has 0 heterocycles. The van der Waals surface area contributed by atoms with E-state index >= 15 is 0 Å². The predicted octanol–water partition coefficient (Wildman–Crippen LogP) is 0.337. The Kier molecular flexibility index (Phi) is 7.35. The highest BCUT2D eigenvalue weighted by Crippen LogP contribution is 2.15. The van der Waals surface area contributed by atoms with Crippen molar-refractivity contribution in [2.24, 2.45) is 0 Å². The number of carbonyl (C=O) groups is 1. The molecule has 0 saturated heterocycles. The second-order valence-corrected chi connectivity index (χ2v) is 3.96. The maximum Gasteiger partial charge on any atom is 0.267 e. The Morgan fingerprint density at radius 1 is 1.43 bits per heavy atom. The minimum Gasteiger partial charge on any atom is -0.508 e. The third kappa shape index (κ3) is 6.42. The Hall–Kier alpha value is -2.56. The van der Waals surface area contributed by atoms with Crippen LogP contribution in [0, 0.1) is 11.3 Å². The van der Waals surface area contributed by atoms with E-state index in [0.29, 0.717) is 18.8 Å². The first kappa shape index (κ1) is 16.5. The third-order valence-electron chi connectivity index (χ3n) is 2.34. The smallest absolute Gasteiger partial charge is 0.267 e. The molecular formula is C14H17N3O4. The Morgan fingerprint density at radius 2 is 2.24 bits per heavy atom. The zero-order chi connectivity index (χ0) is 15.5. The fourth-order valence-electron chi connectivity index (χ4n) is 1.40. The summed E-state index contributed by atoms with van der Waals surface area (Å²) in [5.74, 6) is -0.554. The maximum absolute atomic E-state index is 11.8. The number of aromatic hydroxyl groups is 1. The quantitative estimate of drug-likeness (QED) is 0.312. The molecule has 0 aliphatic carbocycles. The summed E-state index contributed by atoms with van der Waals surface area (Å²) in [5, 5.41) is 32.0. The zero-order valence-corrected chi connectivity index (χ0v) is 11.4. The van der Waals surface area contributed by atoms with Crippen molar-refractivity contribution < 1.29 is 19.7 Å². The molecule has 112 valence electrons. The van der Waals surface area contributed by atoms with E-state index in [9.17, 15) is 9.90 Å². The molecule has 21 heavy (non-hydrogen) atoms. The first-order valence-corrected chi connectivity index (χ1v) is 6.30. The van der Waals surface area contributed by atoms with Crippen LogP contribution in [0.5, 0.6) is 5.75 Å². The van der Waals surface area contributed by atoms with Gasteiger partial charge in [0, 0.05) is 24.5 Å². The molecule has 0 bridgehead atoms. The van der Waals surface area contributed by atoms with Gasteiger partial charge in [0.25, 0.3) is 5.91 Å². The SMILES string of the molecule is N#C/C(=C/NCCOCCO)C(=O)Nc1cccc(O)c1. The predicted molar refractivity (Wildman–Crippen MR) is 76.3 cm³/mol. The highest BCUT2D eigenvalue weighted by Gasteiger charge is 2.09. The number of phenols is 1. The Labute approximate surface area is 122 Å². The highest BCUT2D eigenvalue weighted by molar-refractivity contribution is 6.06. The Bertz CT molecular complexity index is 537. The van der Waals surface area contributed by atoms with Crippen molar-refractivity contribution in [3.8, 4) is 11.8 Å². The van der Waals surface area contributed by atoms with Gasteiger partial charge in [-0.2, -0.15) is 5.26 Å². The van der Waals surface area contributed by atoms with Gasteiger partial charge >= 0.3 is 0 Å². The summed E-state index contributed by atoms with van der Waals surface area (Å²) in [6.07, 6.45) is 1.29. The highest BCUT2D eigenvalue weighted by atomic mass is 16.5. The lowest BCUT2D eigenvalue weighted by molar-refractivity contribution is -0.112. The van der Waals surface area contributed by atoms with Gasteiger partial charge in [-0.3, -0.25) is 4.79 Å². The molecule has 0 atom stereocenters. The molecule has 4 N–H and O–H groups in total. The van der Waals surface area contributed by atoms with Gasteiger partial charge in [-0.15, -0.1) is 0 Å². The van der Waals surface area contributed by atoms with Crippen LogP contribution in [0.4, 0.5) is 5.69 Å². The van der Waals surface area contributed by atoms with E-state index < -0.39 is 5.91 Å². The fourth-order valence-corrected chi connectivity index (χ4v) is 1.40. The minimum atomic E-state index is -0.577. The lowest BCUT2D eigenvalue weighted by atomic mass is 10.2. The number of phenolic OH excluding ortho intramolecular Hbond substituents is 1. The summed E-state index contributed by atoms with van der Waals surface area (Å²) in [7, 11) is 0. The number of hydrogen-bond donors (Lipinski definition) is 4. The number of anilines is 1. The van der Waals surface area contributed by atoms with E-state index in [1.807, 2.05) is 0 Å². The molecule has 1 aromatic carbocycles. The average Bonchev–Trinajstić information content (AvgIpc) is 2.46. The van der Waals surface area contributed by atoms with Crippen molar-refractivity contribution in [3.63, 3.8) is 0 Å². The fraction of sp³-hybridized carbons (Fsp3) is 0.286. The van der Waals surface area contributed by atoms with Crippen molar-refractivity contribution in [2.45, 2.75) is 0 Å². The molecule has 0 unspecified atom stereocenters. The summed E-state index contributed by atoms with van der Waals surface area (Å²) < 4.78 is 5.01. The summed E-state index contributed by atoms with van der Waals surface area (Å²) >= 11 is 0. The second-order valence-electron chi connectivity index (χ2n) is 3.96. The third-order valence-corrected chi connectivity index (χ3v) is 2.34. The van der Waals surface area contributed by atoms with Gasteiger partial charge in [-0.05, 0) is 12.1 Å². The molecule has 0 spiro atoms. The van der Waals surface area contributed by atoms with Crippen LogP contribution in [0.2, 0.25) is 0 Å². The van der Waals surface area contributed by atoms with E-state index in [2.05, 4.69) is 10.6 Å². The number of aliphatic hydroxyl groups is 1. The molecular weight excluding hydrogens is 274 g/mol. The topological polar surface area (TPSA) is 115 Å². The minimum absolute atomic E-state index is 0.0226. The molecule has 0 radical (unpaired) electrons. The molecule has 0 saturated carbocycles. The molecule has 1 amide bonds. The summed E-state index contributed by atoms with van der Waals surface area (Å²) in [6, 6.07) is 7.82. The van der Waals surface area contributed by atoms with E-state index in [1.165, 1.54) is 18.3 Å². The first-order valence-electron chi connectivity index (χ1n) is 6.30. The summed E-state index contributed by atoms with van der Waals surface area (Å²) in [5.41, 5.74) is 0.299.